The van der Waals surface area contributed by atoms with Crippen LogP contribution >= 0.6 is 11.6 Å². The van der Waals surface area contributed by atoms with Crippen LogP contribution in [0.2, 0.25) is 5.02 Å². The van der Waals surface area contributed by atoms with E-state index in [1.165, 1.54) is 25.7 Å². The number of nitrogens with zero attached hydrogens (tertiary/aromatic N) is 5. The third-order valence-corrected chi connectivity index (χ3v) is 4.40. The van der Waals surface area contributed by atoms with Crippen LogP contribution < -0.4 is 5.73 Å². The molecule has 0 amide bonds. The van der Waals surface area contributed by atoms with Crippen LogP contribution in [-0.2, 0) is 6.54 Å². The van der Waals surface area contributed by atoms with E-state index in [9.17, 15) is 0 Å². The summed E-state index contributed by atoms with van der Waals surface area (Å²) in [5.41, 5.74) is 8.09. The monoisotopic (exact) mass is 346 g/mol. The minimum Gasteiger partial charge on any atom is -0.370 e. The molecule has 0 unspecified atom stereocenters. The zero-order valence-corrected chi connectivity index (χ0v) is 14.7. The van der Waals surface area contributed by atoms with E-state index in [0.29, 0.717) is 17.5 Å². The third-order valence-electron chi connectivity index (χ3n) is 4.20. The first-order chi connectivity index (χ1) is 11.6. The van der Waals surface area contributed by atoms with Crippen LogP contribution in [0, 0.1) is 6.92 Å². The van der Waals surface area contributed by atoms with Crippen LogP contribution in [-0.4, -0.2) is 38.7 Å². The zero-order chi connectivity index (χ0) is 16.9. The number of pyridine rings is 1. The third kappa shape index (κ3) is 4.06. The molecule has 0 spiro atoms. The van der Waals surface area contributed by atoms with Crippen molar-refractivity contribution in [1.29, 1.82) is 0 Å². The molecule has 0 aliphatic carbocycles. The number of nitrogens with two attached hydrogens (primary N) is 1. The Morgan fingerprint density at radius 1 is 1.25 bits per heavy atom. The van der Waals surface area contributed by atoms with Gasteiger partial charge in [0.15, 0.2) is 11.8 Å². The lowest BCUT2D eigenvalue weighted by Gasteiger charge is -2.21. The summed E-state index contributed by atoms with van der Waals surface area (Å²) >= 11 is 5.98. The summed E-state index contributed by atoms with van der Waals surface area (Å²) in [6, 6.07) is 3.99. The maximum atomic E-state index is 6.20. The normalized spacial score (nSPS) is 16.2. The lowest BCUT2D eigenvalue weighted by molar-refractivity contribution is 0.428. The number of guanidine groups is 1. The van der Waals surface area contributed by atoms with Crippen molar-refractivity contribution in [3.05, 3.63) is 40.8 Å². The van der Waals surface area contributed by atoms with Gasteiger partial charge in [0.25, 0.3) is 0 Å². The molecular formula is C17H23ClN6. The Morgan fingerprint density at radius 3 is 2.67 bits per heavy atom. The van der Waals surface area contributed by atoms with Gasteiger partial charge in [-0.15, -0.1) is 0 Å². The van der Waals surface area contributed by atoms with Gasteiger partial charge in [0.2, 0.25) is 0 Å². The first-order valence-corrected chi connectivity index (χ1v) is 8.73. The van der Waals surface area contributed by atoms with Crippen molar-refractivity contribution in [1.82, 2.24) is 19.7 Å². The number of rotatable bonds is 3. The summed E-state index contributed by atoms with van der Waals surface area (Å²) in [5.74, 6) is 1.36. The molecule has 1 fully saturated rings. The van der Waals surface area contributed by atoms with Crippen molar-refractivity contribution < 1.29 is 0 Å². The molecule has 0 radical (unpaired) electrons. The molecule has 2 N–H and O–H groups in total. The van der Waals surface area contributed by atoms with Crippen LogP contribution in [0.5, 0.6) is 0 Å². The average Bonchev–Trinajstić information content (AvgIpc) is 2.84. The molecule has 0 bridgehead atoms. The van der Waals surface area contributed by atoms with Crippen LogP contribution in [0.3, 0.4) is 0 Å². The minimum absolute atomic E-state index is 0.475. The number of aryl methyl sites for hydroxylation is 1. The van der Waals surface area contributed by atoms with Crippen molar-refractivity contribution in [2.75, 3.05) is 13.1 Å². The second kappa shape index (κ2) is 7.66. The van der Waals surface area contributed by atoms with Crippen molar-refractivity contribution in [2.45, 2.75) is 39.2 Å². The van der Waals surface area contributed by atoms with Crippen molar-refractivity contribution >= 4 is 17.6 Å². The standard InChI is InChI=1S/C17H23ClN6/c1-13-6-7-14(16(22-13)24-12-15(18)11-21-24)10-20-17(19)23-8-4-2-3-5-9-23/h6-7,11-12H,2-5,8-10H2,1H3,(H2,19,20). The van der Waals surface area contributed by atoms with E-state index in [-0.39, 0.29) is 0 Å². The van der Waals surface area contributed by atoms with Gasteiger partial charge in [0, 0.05) is 24.3 Å². The Balaban J connectivity index is 1.80. The van der Waals surface area contributed by atoms with Crippen molar-refractivity contribution in [3.8, 4) is 5.82 Å². The Morgan fingerprint density at radius 2 is 2.00 bits per heavy atom. The molecule has 128 valence electrons. The average molecular weight is 347 g/mol. The molecule has 3 heterocycles. The van der Waals surface area contributed by atoms with Crippen molar-refractivity contribution in [2.24, 2.45) is 10.7 Å². The number of aromatic nitrogens is 3. The fourth-order valence-corrected chi connectivity index (χ4v) is 3.01. The molecular weight excluding hydrogens is 324 g/mol. The Bertz CT molecular complexity index is 716. The van der Waals surface area contributed by atoms with Crippen LogP contribution in [0.15, 0.2) is 29.5 Å². The van der Waals surface area contributed by atoms with Gasteiger partial charge in [-0.1, -0.05) is 30.5 Å². The summed E-state index contributed by atoms with van der Waals surface area (Å²) in [6.07, 6.45) is 8.25. The summed E-state index contributed by atoms with van der Waals surface area (Å²) in [6.45, 7) is 4.40. The minimum atomic E-state index is 0.475. The second-order valence-corrected chi connectivity index (χ2v) is 6.55. The molecule has 0 atom stereocenters. The summed E-state index contributed by atoms with van der Waals surface area (Å²) in [7, 11) is 0. The molecule has 0 saturated carbocycles. The number of halogens is 1. The number of hydrogen-bond donors (Lipinski definition) is 1. The maximum absolute atomic E-state index is 6.20. The van der Waals surface area contributed by atoms with E-state index >= 15 is 0 Å². The summed E-state index contributed by atoms with van der Waals surface area (Å²) < 4.78 is 1.68. The van der Waals surface area contributed by atoms with Crippen molar-refractivity contribution in [3.63, 3.8) is 0 Å². The smallest absolute Gasteiger partial charge is 0.191 e. The van der Waals surface area contributed by atoms with E-state index in [4.69, 9.17) is 17.3 Å². The van der Waals surface area contributed by atoms with E-state index in [1.54, 1.807) is 17.1 Å². The fraction of sp³-hybridized carbons (Fsp3) is 0.471. The van der Waals surface area contributed by atoms with Gasteiger partial charge < -0.3 is 10.6 Å². The molecule has 1 aliphatic heterocycles. The lowest BCUT2D eigenvalue weighted by Crippen LogP contribution is -2.38. The van der Waals surface area contributed by atoms with Gasteiger partial charge in [-0.2, -0.15) is 5.10 Å². The maximum Gasteiger partial charge on any atom is 0.191 e. The summed E-state index contributed by atoms with van der Waals surface area (Å²) in [4.78, 5) is 11.3. The molecule has 2 aromatic heterocycles. The van der Waals surface area contributed by atoms with E-state index in [1.807, 2.05) is 19.1 Å². The molecule has 2 aromatic rings. The Kier molecular flexibility index (Phi) is 5.35. The SMILES string of the molecule is Cc1ccc(CN=C(N)N2CCCCCC2)c(-n2cc(Cl)cn2)n1. The number of aliphatic imine (C=N–C) groups is 1. The molecule has 24 heavy (non-hydrogen) atoms. The highest BCUT2D eigenvalue weighted by molar-refractivity contribution is 6.30. The highest BCUT2D eigenvalue weighted by Gasteiger charge is 2.12. The molecule has 3 rings (SSSR count). The first-order valence-electron chi connectivity index (χ1n) is 8.35. The zero-order valence-electron chi connectivity index (χ0n) is 14.0. The fourth-order valence-electron chi connectivity index (χ4n) is 2.88. The van der Waals surface area contributed by atoms with Crippen LogP contribution in [0.4, 0.5) is 0 Å². The van der Waals surface area contributed by atoms with Gasteiger partial charge in [-0.05, 0) is 25.8 Å². The largest absolute Gasteiger partial charge is 0.370 e. The predicted molar refractivity (Wildman–Crippen MR) is 96.5 cm³/mol. The van der Waals surface area contributed by atoms with Gasteiger partial charge in [-0.3, -0.25) is 0 Å². The molecule has 1 saturated heterocycles. The lowest BCUT2D eigenvalue weighted by atomic mass is 10.2. The van der Waals surface area contributed by atoms with Gasteiger partial charge in [-0.25, -0.2) is 14.7 Å². The predicted octanol–water partition coefficient (Wildman–Crippen LogP) is 2.92. The second-order valence-electron chi connectivity index (χ2n) is 6.11. The van der Waals surface area contributed by atoms with E-state index in [2.05, 4.69) is 20.0 Å². The quantitative estimate of drug-likeness (QED) is 0.685. The molecule has 0 aromatic carbocycles. The van der Waals surface area contributed by atoms with E-state index < -0.39 is 0 Å². The molecule has 6 nitrogen and oxygen atoms in total. The Hall–Kier alpha value is -2.08. The highest BCUT2D eigenvalue weighted by atomic mass is 35.5. The highest BCUT2D eigenvalue weighted by Crippen LogP contribution is 2.17. The topological polar surface area (TPSA) is 72.3 Å². The molecule has 7 heteroatoms. The number of likely N-dealkylation sites (tertiary alicyclic amines) is 1. The van der Waals surface area contributed by atoms with Gasteiger partial charge in [0.1, 0.15) is 0 Å². The van der Waals surface area contributed by atoms with E-state index in [0.717, 1.165) is 30.2 Å². The van der Waals surface area contributed by atoms with Crippen LogP contribution in [0.1, 0.15) is 36.9 Å². The van der Waals surface area contributed by atoms with Crippen LogP contribution in [0.25, 0.3) is 5.82 Å². The molecule has 1 aliphatic rings. The first kappa shape index (κ1) is 16.8. The van der Waals surface area contributed by atoms with Gasteiger partial charge in [0.05, 0.1) is 24.0 Å². The van der Waals surface area contributed by atoms with Gasteiger partial charge >= 0.3 is 0 Å². The number of hydrogen-bond acceptors (Lipinski definition) is 3. The summed E-state index contributed by atoms with van der Waals surface area (Å²) in [5, 5.41) is 4.83. The Labute approximate surface area is 147 Å².